The highest BCUT2D eigenvalue weighted by Crippen LogP contribution is 2.25. The van der Waals surface area contributed by atoms with E-state index in [1.165, 1.54) is 0 Å². The van der Waals surface area contributed by atoms with Crippen LogP contribution in [0.1, 0.15) is 5.69 Å². The molecule has 90 valence electrons. The van der Waals surface area contributed by atoms with Gasteiger partial charge in [-0.2, -0.15) is 0 Å². The zero-order chi connectivity index (χ0) is 12.7. The van der Waals surface area contributed by atoms with Crippen molar-refractivity contribution < 1.29 is 0 Å². The van der Waals surface area contributed by atoms with Crippen molar-refractivity contribution in [1.82, 2.24) is 15.0 Å². The fraction of sp³-hybridized carbons (Fsp3) is 0.0833. The van der Waals surface area contributed by atoms with E-state index in [2.05, 4.69) is 36.9 Å². The predicted octanol–water partition coefficient (Wildman–Crippen LogP) is 4.49. The van der Waals surface area contributed by atoms with E-state index in [0.717, 1.165) is 31.8 Å². The number of pyridine rings is 1. The van der Waals surface area contributed by atoms with Gasteiger partial charge in [0.15, 0.2) is 0 Å². The molecular formula is C12H8BrN3S2. The number of fused-ring (bicyclic) bond motifs is 1. The van der Waals surface area contributed by atoms with Crippen LogP contribution in [0.2, 0.25) is 0 Å². The summed E-state index contributed by atoms with van der Waals surface area (Å²) in [4.78, 5) is 12.0. The lowest BCUT2D eigenvalue weighted by Crippen LogP contribution is -1.94. The van der Waals surface area contributed by atoms with Gasteiger partial charge in [-0.15, -0.1) is 11.3 Å². The van der Waals surface area contributed by atoms with Gasteiger partial charge in [-0.05, 0) is 40.4 Å². The lowest BCUT2D eigenvalue weighted by Gasteiger charge is -2.04. The number of aromatic amines is 1. The molecule has 0 saturated heterocycles. The van der Waals surface area contributed by atoms with E-state index in [1.54, 1.807) is 11.3 Å². The van der Waals surface area contributed by atoms with Gasteiger partial charge in [0.25, 0.3) is 0 Å². The van der Waals surface area contributed by atoms with Gasteiger partial charge in [-0.3, -0.25) is 4.98 Å². The number of aryl methyl sites for hydroxylation is 1. The number of thiophene rings is 1. The van der Waals surface area contributed by atoms with E-state index in [-0.39, 0.29) is 0 Å². The molecule has 0 radical (unpaired) electrons. The van der Waals surface area contributed by atoms with Crippen LogP contribution in [0.25, 0.3) is 21.6 Å². The average Bonchev–Trinajstić information content (AvgIpc) is 2.82. The Morgan fingerprint density at radius 3 is 3.06 bits per heavy atom. The van der Waals surface area contributed by atoms with Gasteiger partial charge in [0, 0.05) is 17.5 Å². The van der Waals surface area contributed by atoms with Crippen molar-refractivity contribution in [1.29, 1.82) is 0 Å². The van der Waals surface area contributed by atoms with Crippen molar-refractivity contribution in [2.24, 2.45) is 0 Å². The third-order valence-electron chi connectivity index (χ3n) is 2.61. The number of rotatable bonds is 1. The molecule has 0 amide bonds. The summed E-state index contributed by atoms with van der Waals surface area (Å²) in [6.07, 6.45) is 1.82. The smallest absolute Gasteiger partial charge is 0.144 e. The molecule has 0 spiro atoms. The number of aromatic nitrogens is 3. The Labute approximate surface area is 121 Å². The zero-order valence-corrected chi connectivity index (χ0v) is 12.6. The van der Waals surface area contributed by atoms with Crippen molar-refractivity contribution >= 4 is 49.7 Å². The minimum atomic E-state index is 0.563. The third-order valence-corrected chi connectivity index (χ3v) is 4.99. The van der Waals surface area contributed by atoms with Gasteiger partial charge in [0.05, 0.1) is 14.7 Å². The summed E-state index contributed by atoms with van der Waals surface area (Å²) in [6.45, 7) is 1.96. The first kappa shape index (κ1) is 12.0. The van der Waals surface area contributed by atoms with Crippen molar-refractivity contribution in [3.05, 3.63) is 38.5 Å². The Morgan fingerprint density at radius 2 is 2.28 bits per heavy atom. The topological polar surface area (TPSA) is 41.6 Å². The van der Waals surface area contributed by atoms with Crippen LogP contribution in [-0.4, -0.2) is 15.0 Å². The molecule has 0 fully saturated rings. The molecule has 3 rings (SSSR count). The highest BCUT2D eigenvalue weighted by molar-refractivity contribution is 9.10. The summed E-state index contributed by atoms with van der Waals surface area (Å²) in [5.41, 5.74) is 2.93. The Balaban J connectivity index is 2.22. The monoisotopic (exact) mass is 337 g/mol. The van der Waals surface area contributed by atoms with Crippen molar-refractivity contribution in [3.63, 3.8) is 0 Å². The molecule has 0 saturated carbocycles. The molecule has 3 aromatic heterocycles. The SMILES string of the molecule is Cc1[nH]c(-c2cnc3ccsc3c2)nc(=S)c1Br. The molecule has 3 heterocycles. The predicted molar refractivity (Wildman–Crippen MR) is 80.5 cm³/mol. The molecule has 0 aliphatic carbocycles. The van der Waals surface area contributed by atoms with Crippen molar-refractivity contribution in [3.8, 4) is 11.4 Å². The summed E-state index contributed by atoms with van der Waals surface area (Å²) >= 11 is 10.3. The largest absolute Gasteiger partial charge is 0.342 e. The van der Waals surface area contributed by atoms with Gasteiger partial charge in [-0.25, -0.2) is 4.98 Å². The van der Waals surface area contributed by atoms with E-state index >= 15 is 0 Å². The van der Waals surface area contributed by atoms with Crippen molar-refractivity contribution in [2.45, 2.75) is 6.92 Å². The second-order valence-electron chi connectivity index (χ2n) is 3.86. The summed E-state index contributed by atoms with van der Waals surface area (Å²) < 4.78 is 2.55. The van der Waals surface area contributed by atoms with Crippen LogP contribution in [0.4, 0.5) is 0 Å². The lowest BCUT2D eigenvalue weighted by atomic mass is 10.2. The normalized spacial score (nSPS) is 11.0. The number of nitrogens with one attached hydrogen (secondary N) is 1. The molecule has 3 aromatic rings. The van der Waals surface area contributed by atoms with E-state index < -0.39 is 0 Å². The van der Waals surface area contributed by atoms with Crippen molar-refractivity contribution in [2.75, 3.05) is 0 Å². The standard InChI is InChI=1S/C12H8BrN3S2/c1-6-10(13)12(17)16-11(15-6)7-4-9-8(14-5-7)2-3-18-9/h2-5H,1H3,(H,15,16,17). The quantitative estimate of drug-likeness (QED) is 0.665. The van der Waals surface area contributed by atoms with Crippen LogP contribution in [0, 0.1) is 11.6 Å². The van der Waals surface area contributed by atoms with Crippen LogP contribution in [-0.2, 0) is 0 Å². The highest BCUT2D eigenvalue weighted by Gasteiger charge is 2.07. The Bertz CT molecular complexity index is 791. The summed E-state index contributed by atoms with van der Waals surface area (Å²) in [5, 5.41) is 2.03. The Kier molecular flexibility index (Phi) is 3.01. The third kappa shape index (κ3) is 2.00. The molecule has 0 atom stereocenters. The van der Waals surface area contributed by atoms with Crippen LogP contribution in [0.3, 0.4) is 0 Å². The second-order valence-corrected chi connectivity index (χ2v) is 5.98. The van der Waals surface area contributed by atoms with Gasteiger partial charge >= 0.3 is 0 Å². The number of hydrogen-bond donors (Lipinski definition) is 1. The first-order valence-electron chi connectivity index (χ1n) is 5.25. The summed E-state index contributed by atoms with van der Waals surface area (Å²) in [7, 11) is 0. The van der Waals surface area contributed by atoms with Crippen LogP contribution in [0.5, 0.6) is 0 Å². The number of hydrogen-bond acceptors (Lipinski definition) is 4. The fourth-order valence-corrected chi connectivity index (χ4v) is 2.90. The maximum atomic E-state index is 5.21. The van der Waals surface area contributed by atoms with Gasteiger partial charge in [-0.1, -0.05) is 12.2 Å². The minimum Gasteiger partial charge on any atom is -0.342 e. The molecule has 0 unspecified atom stereocenters. The van der Waals surface area contributed by atoms with Crippen LogP contribution >= 0.6 is 39.5 Å². The molecule has 3 nitrogen and oxygen atoms in total. The second kappa shape index (κ2) is 4.53. The molecule has 0 aliphatic rings. The summed E-state index contributed by atoms with van der Waals surface area (Å²) in [6, 6.07) is 4.08. The maximum Gasteiger partial charge on any atom is 0.144 e. The van der Waals surface area contributed by atoms with Gasteiger partial charge < -0.3 is 4.98 Å². The van der Waals surface area contributed by atoms with Gasteiger partial charge in [0.2, 0.25) is 0 Å². The van der Waals surface area contributed by atoms with Crippen LogP contribution < -0.4 is 0 Å². The molecular weight excluding hydrogens is 330 g/mol. The molecule has 1 N–H and O–H groups in total. The number of halogens is 1. The fourth-order valence-electron chi connectivity index (χ4n) is 1.68. The number of H-pyrrole nitrogens is 1. The average molecular weight is 338 g/mol. The Morgan fingerprint density at radius 1 is 1.44 bits per heavy atom. The van der Waals surface area contributed by atoms with E-state index in [1.807, 2.05) is 24.6 Å². The zero-order valence-electron chi connectivity index (χ0n) is 9.40. The van der Waals surface area contributed by atoms with E-state index in [9.17, 15) is 0 Å². The lowest BCUT2D eigenvalue weighted by molar-refractivity contribution is 1.08. The van der Waals surface area contributed by atoms with Crippen LogP contribution in [0.15, 0.2) is 28.2 Å². The Hall–Kier alpha value is -1.11. The van der Waals surface area contributed by atoms with E-state index in [4.69, 9.17) is 12.2 Å². The number of nitrogens with zero attached hydrogens (tertiary/aromatic N) is 2. The molecule has 0 aliphatic heterocycles. The first-order valence-corrected chi connectivity index (χ1v) is 7.33. The molecule has 0 aromatic carbocycles. The molecule has 6 heteroatoms. The van der Waals surface area contributed by atoms with Gasteiger partial charge in [0.1, 0.15) is 10.5 Å². The van der Waals surface area contributed by atoms with E-state index in [0.29, 0.717) is 4.64 Å². The maximum absolute atomic E-state index is 5.21. The molecule has 0 bridgehead atoms. The highest BCUT2D eigenvalue weighted by atomic mass is 79.9. The molecule has 18 heavy (non-hydrogen) atoms. The summed E-state index contributed by atoms with van der Waals surface area (Å²) in [5.74, 6) is 0.753. The minimum absolute atomic E-state index is 0.563. The first-order chi connectivity index (χ1) is 8.65.